The molecule has 0 saturated heterocycles. The van der Waals surface area contributed by atoms with Gasteiger partial charge in [0.2, 0.25) is 0 Å². The summed E-state index contributed by atoms with van der Waals surface area (Å²) in [6.45, 7) is 1.87. The maximum absolute atomic E-state index is 8.94. The van der Waals surface area contributed by atoms with Crippen LogP contribution in [0.4, 0.5) is 0 Å². The molecule has 0 aliphatic rings. The number of benzene rings is 1. The van der Waals surface area contributed by atoms with Gasteiger partial charge in [0.1, 0.15) is 17.4 Å². The average molecular weight is 220 g/mol. The lowest BCUT2D eigenvalue weighted by Crippen LogP contribution is -1.97. The van der Waals surface area contributed by atoms with Crippen molar-refractivity contribution in [2.45, 2.75) is 12.3 Å². The number of aryl methyl sites for hydroxylation is 1. The molecule has 0 aliphatic carbocycles. The molecule has 76 valence electrons. The Morgan fingerprint density at radius 1 is 1.53 bits per heavy atom. The van der Waals surface area contributed by atoms with E-state index >= 15 is 0 Å². The molecule has 3 nitrogen and oxygen atoms in total. The predicted octanol–water partition coefficient (Wildman–Crippen LogP) is 2.74. The number of aromatic nitrogens is 2. The van der Waals surface area contributed by atoms with Gasteiger partial charge in [0.05, 0.1) is 16.5 Å². The van der Waals surface area contributed by atoms with Gasteiger partial charge in [0.15, 0.2) is 0 Å². The number of nitriles is 1. The monoisotopic (exact) mass is 219 g/mol. The van der Waals surface area contributed by atoms with Crippen LogP contribution in [0.15, 0.2) is 18.2 Å². The minimum absolute atomic E-state index is 0.158. The van der Waals surface area contributed by atoms with Gasteiger partial charge in [-0.3, -0.25) is 0 Å². The van der Waals surface area contributed by atoms with Gasteiger partial charge in [-0.2, -0.15) is 5.26 Å². The number of imidazole rings is 1. The Hall–Kier alpha value is -1.53. The second-order valence-corrected chi connectivity index (χ2v) is 4.08. The molecular weight excluding hydrogens is 210 g/mol. The Morgan fingerprint density at radius 2 is 2.27 bits per heavy atom. The van der Waals surface area contributed by atoms with Crippen LogP contribution in [-0.2, 0) is 7.05 Å². The quantitative estimate of drug-likeness (QED) is 0.692. The highest BCUT2D eigenvalue weighted by molar-refractivity contribution is 6.20. The van der Waals surface area contributed by atoms with Crippen molar-refractivity contribution in [1.82, 2.24) is 9.55 Å². The van der Waals surface area contributed by atoms with Crippen molar-refractivity contribution in [3.05, 3.63) is 29.6 Å². The van der Waals surface area contributed by atoms with E-state index in [1.54, 1.807) is 6.07 Å². The van der Waals surface area contributed by atoms with E-state index in [1.807, 2.05) is 30.7 Å². The molecule has 4 heteroatoms. The minimum atomic E-state index is -0.158. The van der Waals surface area contributed by atoms with Crippen molar-refractivity contribution in [2.24, 2.45) is 7.05 Å². The highest BCUT2D eigenvalue weighted by Gasteiger charge is 2.13. The van der Waals surface area contributed by atoms with Crippen LogP contribution >= 0.6 is 11.6 Å². The van der Waals surface area contributed by atoms with Crippen LogP contribution in [-0.4, -0.2) is 9.55 Å². The fourth-order valence-corrected chi connectivity index (χ4v) is 1.87. The Balaban J connectivity index is 2.82. The number of hydrogen-bond acceptors (Lipinski definition) is 2. The maximum Gasteiger partial charge on any atom is 0.127 e. The zero-order valence-electron chi connectivity index (χ0n) is 8.53. The average Bonchev–Trinajstić information content (AvgIpc) is 2.56. The van der Waals surface area contributed by atoms with E-state index in [4.69, 9.17) is 16.9 Å². The molecule has 0 bridgehead atoms. The van der Waals surface area contributed by atoms with Crippen molar-refractivity contribution in [1.29, 1.82) is 5.26 Å². The summed E-state index contributed by atoms with van der Waals surface area (Å²) >= 11 is 6.01. The number of hydrogen-bond donors (Lipinski definition) is 0. The Labute approximate surface area is 92.9 Å². The second-order valence-electron chi connectivity index (χ2n) is 3.43. The van der Waals surface area contributed by atoms with Crippen LogP contribution in [0.1, 0.15) is 23.7 Å². The smallest absolute Gasteiger partial charge is 0.127 e. The first-order chi connectivity index (χ1) is 7.15. The molecule has 15 heavy (non-hydrogen) atoms. The molecule has 1 heterocycles. The highest BCUT2D eigenvalue weighted by atomic mass is 35.5. The van der Waals surface area contributed by atoms with Crippen LogP contribution in [0.3, 0.4) is 0 Å². The summed E-state index contributed by atoms with van der Waals surface area (Å²) in [6.07, 6.45) is 0. The van der Waals surface area contributed by atoms with Gasteiger partial charge in [-0.1, -0.05) is 6.07 Å². The standard InChI is InChI=1S/C11H10ClN3/c1-7(12)11-14-10-8(6-13)4-3-5-9(10)15(11)2/h3-5,7H,1-2H3. The van der Waals surface area contributed by atoms with Crippen molar-refractivity contribution in [3.63, 3.8) is 0 Å². The summed E-state index contributed by atoms with van der Waals surface area (Å²) in [4.78, 5) is 4.39. The minimum Gasteiger partial charge on any atom is -0.330 e. The summed E-state index contributed by atoms with van der Waals surface area (Å²) in [5, 5.41) is 8.78. The SMILES string of the molecule is CC(Cl)c1nc2c(C#N)cccc2n1C. The van der Waals surface area contributed by atoms with E-state index in [0.717, 1.165) is 16.9 Å². The lowest BCUT2D eigenvalue weighted by atomic mass is 10.2. The molecule has 0 amide bonds. The van der Waals surface area contributed by atoms with Gasteiger partial charge >= 0.3 is 0 Å². The van der Waals surface area contributed by atoms with E-state index in [1.165, 1.54) is 0 Å². The second kappa shape index (κ2) is 3.56. The number of alkyl halides is 1. The molecule has 1 aromatic heterocycles. The van der Waals surface area contributed by atoms with Crippen LogP contribution in [0.2, 0.25) is 0 Å². The van der Waals surface area contributed by atoms with Gasteiger partial charge in [-0.15, -0.1) is 11.6 Å². The molecule has 1 aromatic carbocycles. The molecule has 2 aromatic rings. The van der Waals surface area contributed by atoms with Crippen molar-refractivity contribution >= 4 is 22.6 Å². The molecule has 2 rings (SSSR count). The molecule has 0 spiro atoms. The number of rotatable bonds is 1. The zero-order valence-corrected chi connectivity index (χ0v) is 9.28. The fraction of sp³-hybridized carbons (Fsp3) is 0.273. The Bertz CT molecular complexity index is 549. The molecule has 0 fully saturated rings. The number of nitrogens with zero attached hydrogens (tertiary/aromatic N) is 3. The van der Waals surface area contributed by atoms with Crippen molar-refractivity contribution in [3.8, 4) is 6.07 Å². The highest BCUT2D eigenvalue weighted by Crippen LogP contribution is 2.24. The van der Waals surface area contributed by atoms with Crippen molar-refractivity contribution < 1.29 is 0 Å². The van der Waals surface area contributed by atoms with Gasteiger partial charge in [-0.05, 0) is 19.1 Å². The zero-order chi connectivity index (χ0) is 11.0. The third-order valence-electron chi connectivity index (χ3n) is 2.42. The van der Waals surface area contributed by atoms with Crippen LogP contribution < -0.4 is 0 Å². The summed E-state index contributed by atoms with van der Waals surface area (Å²) in [6, 6.07) is 7.68. The normalized spacial score (nSPS) is 12.7. The predicted molar refractivity (Wildman–Crippen MR) is 59.7 cm³/mol. The summed E-state index contributed by atoms with van der Waals surface area (Å²) in [5.41, 5.74) is 2.26. The summed E-state index contributed by atoms with van der Waals surface area (Å²) in [5.74, 6) is 0.786. The van der Waals surface area contributed by atoms with Gasteiger partial charge in [-0.25, -0.2) is 4.98 Å². The Kier molecular flexibility index (Phi) is 2.37. The topological polar surface area (TPSA) is 41.6 Å². The van der Waals surface area contributed by atoms with E-state index in [9.17, 15) is 0 Å². The van der Waals surface area contributed by atoms with E-state index in [2.05, 4.69) is 11.1 Å². The van der Waals surface area contributed by atoms with Gasteiger partial charge in [0, 0.05) is 7.05 Å². The van der Waals surface area contributed by atoms with E-state index in [-0.39, 0.29) is 5.38 Å². The number of halogens is 1. The third kappa shape index (κ3) is 1.47. The molecular formula is C11H10ClN3. The number of fused-ring (bicyclic) bond motifs is 1. The molecule has 0 aliphatic heterocycles. The van der Waals surface area contributed by atoms with E-state index < -0.39 is 0 Å². The first kappa shape index (κ1) is 10.0. The molecule has 1 unspecified atom stereocenters. The maximum atomic E-state index is 8.94. The summed E-state index contributed by atoms with van der Waals surface area (Å²) < 4.78 is 1.92. The summed E-state index contributed by atoms with van der Waals surface area (Å²) in [7, 11) is 1.91. The van der Waals surface area contributed by atoms with Gasteiger partial charge < -0.3 is 4.57 Å². The largest absolute Gasteiger partial charge is 0.330 e. The third-order valence-corrected chi connectivity index (χ3v) is 2.62. The van der Waals surface area contributed by atoms with Crippen LogP contribution in [0, 0.1) is 11.3 Å². The lowest BCUT2D eigenvalue weighted by molar-refractivity contribution is 0.812. The van der Waals surface area contributed by atoms with Crippen molar-refractivity contribution in [2.75, 3.05) is 0 Å². The Morgan fingerprint density at radius 3 is 2.87 bits per heavy atom. The van der Waals surface area contributed by atoms with Crippen LogP contribution in [0.5, 0.6) is 0 Å². The number of para-hydroxylation sites is 1. The van der Waals surface area contributed by atoms with Crippen LogP contribution in [0.25, 0.3) is 11.0 Å². The molecule has 0 N–H and O–H groups in total. The molecule has 0 radical (unpaired) electrons. The van der Waals surface area contributed by atoms with Gasteiger partial charge in [0.25, 0.3) is 0 Å². The first-order valence-electron chi connectivity index (χ1n) is 4.64. The lowest BCUT2D eigenvalue weighted by Gasteiger charge is -2.02. The molecule has 0 saturated carbocycles. The van der Waals surface area contributed by atoms with E-state index in [0.29, 0.717) is 5.56 Å². The fourth-order valence-electron chi connectivity index (χ4n) is 1.68. The first-order valence-corrected chi connectivity index (χ1v) is 5.08. The molecule has 1 atom stereocenters.